The molecule has 126 valence electrons. The highest BCUT2D eigenvalue weighted by Crippen LogP contribution is 2.20. The Kier molecular flexibility index (Phi) is 7.41. The standard InChI is InChI=1S/C12H12F6O4/c13-11(14,15)9(21)5-3-7(19)1-2-8(20)4-6-10(22)12(16,17)18/h1-6H2. The first-order chi connectivity index (χ1) is 9.84. The van der Waals surface area contributed by atoms with E-state index in [0.717, 1.165) is 0 Å². The van der Waals surface area contributed by atoms with Gasteiger partial charge in [0.15, 0.2) is 0 Å². The molecule has 0 unspecified atom stereocenters. The van der Waals surface area contributed by atoms with Gasteiger partial charge >= 0.3 is 12.4 Å². The lowest BCUT2D eigenvalue weighted by atomic mass is 10.0. The molecule has 0 aliphatic heterocycles. The highest BCUT2D eigenvalue weighted by atomic mass is 19.4. The second kappa shape index (κ2) is 8.04. The third kappa shape index (κ3) is 8.53. The number of Topliss-reactive ketones (excluding diaryl/α,β-unsaturated/α-hetero) is 4. The molecule has 0 aliphatic rings. The van der Waals surface area contributed by atoms with Gasteiger partial charge in [-0.3, -0.25) is 19.2 Å². The molecule has 10 heteroatoms. The van der Waals surface area contributed by atoms with Crippen molar-refractivity contribution in [1.29, 1.82) is 0 Å². The average Bonchev–Trinajstić information content (AvgIpc) is 2.37. The topological polar surface area (TPSA) is 68.3 Å². The second-order valence-corrected chi connectivity index (χ2v) is 4.42. The maximum atomic E-state index is 11.8. The Morgan fingerprint density at radius 2 is 0.727 bits per heavy atom. The molecule has 0 radical (unpaired) electrons. The molecule has 22 heavy (non-hydrogen) atoms. The van der Waals surface area contributed by atoms with E-state index in [0.29, 0.717) is 0 Å². The first kappa shape index (κ1) is 20.3. The minimum atomic E-state index is -5.03. The van der Waals surface area contributed by atoms with Gasteiger partial charge in [-0.1, -0.05) is 0 Å². The van der Waals surface area contributed by atoms with E-state index in [1.54, 1.807) is 0 Å². The molecule has 0 bridgehead atoms. The molecular weight excluding hydrogens is 322 g/mol. The summed E-state index contributed by atoms with van der Waals surface area (Å²) in [7, 11) is 0. The van der Waals surface area contributed by atoms with E-state index in [1.807, 2.05) is 0 Å². The van der Waals surface area contributed by atoms with Crippen molar-refractivity contribution in [1.82, 2.24) is 0 Å². The molecular formula is C12H12F6O4. The molecule has 0 aromatic heterocycles. The molecule has 0 aromatic carbocycles. The molecule has 0 atom stereocenters. The quantitative estimate of drug-likeness (QED) is 0.608. The van der Waals surface area contributed by atoms with E-state index in [2.05, 4.69) is 0 Å². The van der Waals surface area contributed by atoms with Gasteiger partial charge in [0.05, 0.1) is 0 Å². The Labute approximate surface area is 120 Å². The van der Waals surface area contributed by atoms with Crippen LogP contribution in [0.3, 0.4) is 0 Å². The summed E-state index contributed by atoms with van der Waals surface area (Å²) in [4.78, 5) is 43.3. The van der Waals surface area contributed by atoms with Crippen molar-refractivity contribution >= 4 is 23.1 Å². The van der Waals surface area contributed by atoms with Gasteiger partial charge in [-0.15, -0.1) is 0 Å². The minimum Gasteiger partial charge on any atom is -0.300 e. The van der Waals surface area contributed by atoms with Crippen LogP contribution >= 0.6 is 0 Å². The molecule has 0 heterocycles. The molecule has 4 nitrogen and oxygen atoms in total. The Balaban J connectivity index is 3.99. The van der Waals surface area contributed by atoms with Crippen LogP contribution in [-0.2, 0) is 19.2 Å². The SMILES string of the molecule is O=C(CCC(=O)CCC(=O)C(F)(F)F)CCC(=O)C(F)(F)F. The van der Waals surface area contributed by atoms with Crippen molar-refractivity contribution in [3.63, 3.8) is 0 Å². The summed E-state index contributed by atoms with van der Waals surface area (Å²) in [6, 6.07) is 0. The Hall–Kier alpha value is -1.74. The number of carbonyl (C=O) groups is 4. The van der Waals surface area contributed by atoms with Crippen molar-refractivity contribution in [3.05, 3.63) is 0 Å². The zero-order valence-corrected chi connectivity index (χ0v) is 11.1. The fourth-order valence-electron chi connectivity index (χ4n) is 1.32. The summed E-state index contributed by atoms with van der Waals surface area (Å²) in [5.74, 6) is -5.70. The van der Waals surface area contributed by atoms with Gasteiger partial charge in [0.2, 0.25) is 11.6 Å². The lowest BCUT2D eigenvalue weighted by molar-refractivity contribution is -0.171. The number of hydrogen-bond acceptors (Lipinski definition) is 4. The highest BCUT2D eigenvalue weighted by Gasteiger charge is 2.38. The fraction of sp³-hybridized carbons (Fsp3) is 0.667. The van der Waals surface area contributed by atoms with Crippen molar-refractivity contribution in [2.45, 2.75) is 50.9 Å². The summed E-state index contributed by atoms with van der Waals surface area (Å²) in [6.45, 7) is 0. The van der Waals surface area contributed by atoms with Crippen molar-refractivity contribution in [2.24, 2.45) is 0 Å². The molecule has 0 fully saturated rings. The van der Waals surface area contributed by atoms with Gasteiger partial charge in [0.25, 0.3) is 0 Å². The van der Waals surface area contributed by atoms with Crippen LogP contribution in [0.5, 0.6) is 0 Å². The summed E-state index contributed by atoms with van der Waals surface area (Å²) in [5, 5.41) is 0. The third-order valence-electron chi connectivity index (χ3n) is 2.58. The maximum absolute atomic E-state index is 11.8. The first-order valence-corrected chi connectivity index (χ1v) is 6.07. The monoisotopic (exact) mass is 334 g/mol. The number of carbonyl (C=O) groups excluding carboxylic acids is 4. The van der Waals surface area contributed by atoms with E-state index < -0.39 is 74.0 Å². The van der Waals surface area contributed by atoms with Gasteiger partial charge in [0, 0.05) is 38.5 Å². The number of rotatable bonds is 9. The lowest BCUT2D eigenvalue weighted by Crippen LogP contribution is -2.23. The number of halogens is 6. The molecule has 0 aromatic rings. The molecule has 0 saturated carbocycles. The van der Waals surface area contributed by atoms with Crippen LogP contribution < -0.4 is 0 Å². The summed E-state index contributed by atoms with van der Waals surface area (Å²) < 4.78 is 71.1. The Bertz CT molecular complexity index is 408. The smallest absolute Gasteiger partial charge is 0.300 e. The van der Waals surface area contributed by atoms with Crippen LogP contribution in [0.15, 0.2) is 0 Å². The summed E-state index contributed by atoms with van der Waals surface area (Å²) >= 11 is 0. The molecule has 0 aliphatic carbocycles. The molecule has 0 rings (SSSR count). The number of hydrogen-bond donors (Lipinski definition) is 0. The van der Waals surface area contributed by atoms with E-state index >= 15 is 0 Å². The zero-order chi connectivity index (χ0) is 17.6. The largest absolute Gasteiger partial charge is 0.449 e. The van der Waals surface area contributed by atoms with Crippen LogP contribution in [0.1, 0.15) is 38.5 Å². The van der Waals surface area contributed by atoms with Crippen LogP contribution in [0, 0.1) is 0 Å². The lowest BCUT2D eigenvalue weighted by Gasteiger charge is -2.05. The summed E-state index contributed by atoms with van der Waals surface area (Å²) in [6.07, 6.45) is -14.5. The van der Waals surface area contributed by atoms with E-state index in [4.69, 9.17) is 0 Å². The maximum Gasteiger partial charge on any atom is 0.449 e. The predicted octanol–water partition coefficient (Wildman–Crippen LogP) is 2.73. The van der Waals surface area contributed by atoms with Gasteiger partial charge in [-0.25, -0.2) is 0 Å². The minimum absolute atomic E-state index is 0.482. The van der Waals surface area contributed by atoms with Crippen LogP contribution in [0.25, 0.3) is 0 Å². The third-order valence-corrected chi connectivity index (χ3v) is 2.58. The van der Waals surface area contributed by atoms with Gasteiger partial charge in [-0.05, 0) is 0 Å². The van der Waals surface area contributed by atoms with E-state index in [-0.39, 0.29) is 0 Å². The average molecular weight is 334 g/mol. The van der Waals surface area contributed by atoms with E-state index in [1.165, 1.54) is 0 Å². The fourth-order valence-corrected chi connectivity index (χ4v) is 1.32. The normalized spacial score (nSPS) is 12.1. The molecule has 0 spiro atoms. The van der Waals surface area contributed by atoms with Crippen molar-refractivity contribution in [3.8, 4) is 0 Å². The van der Waals surface area contributed by atoms with Gasteiger partial charge < -0.3 is 0 Å². The predicted molar refractivity (Wildman–Crippen MR) is 59.8 cm³/mol. The van der Waals surface area contributed by atoms with E-state index in [9.17, 15) is 45.5 Å². The zero-order valence-electron chi connectivity index (χ0n) is 11.1. The Morgan fingerprint density at radius 3 is 0.955 bits per heavy atom. The number of alkyl halides is 6. The van der Waals surface area contributed by atoms with Crippen molar-refractivity contribution < 1.29 is 45.5 Å². The second-order valence-electron chi connectivity index (χ2n) is 4.42. The first-order valence-electron chi connectivity index (χ1n) is 6.07. The summed E-state index contributed by atoms with van der Waals surface area (Å²) in [5.41, 5.74) is 0. The number of ketones is 4. The van der Waals surface area contributed by atoms with Crippen LogP contribution in [0.4, 0.5) is 26.3 Å². The van der Waals surface area contributed by atoms with Crippen LogP contribution in [-0.4, -0.2) is 35.5 Å². The molecule has 0 N–H and O–H groups in total. The van der Waals surface area contributed by atoms with Crippen molar-refractivity contribution in [2.75, 3.05) is 0 Å². The van der Waals surface area contributed by atoms with Gasteiger partial charge in [0.1, 0.15) is 11.6 Å². The Morgan fingerprint density at radius 1 is 0.500 bits per heavy atom. The molecule has 0 amide bonds. The van der Waals surface area contributed by atoms with Crippen LogP contribution in [0.2, 0.25) is 0 Å². The molecule has 0 saturated heterocycles. The highest BCUT2D eigenvalue weighted by molar-refractivity contribution is 5.92. The van der Waals surface area contributed by atoms with Gasteiger partial charge in [-0.2, -0.15) is 26.3 Å².